The molecule has 2 heterocycles. The molecule has 0 bridgehead atoms. The Hall–Kier alpha value is -2.49. The molecule has 2 aromatic rings. The summed E-state index contributed by atoms with van der Waals surface area (Å²) in [5.74, 6) is -0.0115. The molecule has 0 unspecified atom stereocenters. The van der Waals surface area contributed by atoms with Gasteiger partial charge in [0.25, 0.3) is 5.91 Å². The first-order valence-corrected chi connectivity index (χ1v) is 13.1. The Balaban J connectivity index is 1.24. The summed E-state index contributed by atoms with van der Waals surface area (Å²) >= 11 is 0. The number of carbonyl (C=O) groups excluding carboxylic acids is 2. The third-order valence-corrected chi connectivity index (χ3v) is 9.43. The third kappa shape index (κ3) is 3.82. The van der Waals surface area contributed by atoms with E-state index in [0.29, 0.717) is 32.6 Å². The molecule has 9 heteroatoms. The summed E-state index contributed by atoms with van der Waals surface area (Å²) in [6, 6.07) is 12.6. The van der Waals surface area contributed by atoms with Crippen LogP contribution in [0, 0.1) is 5.92 Å². The highest BCUT2D eigenvalue weighted by molar-refractivity contribution is 7.89. The molecular formula is C24H30N4O4S. The van der Waals surface area contributed by atoms with E-state index in [2.05, 4.69) is 5.32 Å². The average molecular weight is 471 g/mol. The van der Waals surface area contributed by atoms with Crippen molar-refractivity contribution in [2.24, 2.45) is 5.92 Å². The van der Waals surface area contributed by atoms with Crippen molar-refractivity contribution in [1.29, 1.82) is 0 Å². The second kappa shape index (κ2) is 8.38. The van der Waals surface area contributed by atoms with Gasteiger partial charge in [-0.1, -0.05) is 50.1 Å². The van der Waals surface area contributed by atoms with Crippen molar-refractivity contribution in [3.05, 3.63) is 42.5 Å². The number of carbonyl (C=O) groups is 2. The first-order valence-electron chi connectivity index (χ1n) is 11.7. The van der Waals surface area contributed by atoms with Crippen LogP contribution in [-0.2, 0) is 14.8 Å². The number of nitrogens with zero attached hydrogens (tertiary/aromatic N) is 3. The van der Waals surface area contributed by atoms with Crippen LogP contribution in [0.3, 0.4) is 0 Å². The first kappa shape index (κ1) is 22.3. The van der Waals surface area contributed by atoms with E-state index in [0.717, 1.165) is 30.0 Å². The minimum Gasteiger partial charge on any atom is -0.323 e. The molecule has 5 rings (SSSR count). The van der Waals surface area contributed by atoms with Crippen LogP contribution >= 0.6 is 0 Å². The van der Waals surface area contributed by atoms with E-state index in [1.165, 1.54) is 9.21 Å². The molecule has 2 atom stereocenters. The number of benzene rings is 2. The Labute approximate surface area is 194 Å². The van der Waals surface area contributed by atoms with Gasteiger partial charge < -0.3 is 5.32 Å². The third-order valence-electron chi connectivity index (χ3n) is 7.53. The molecular weight excluding hydrogens is 440 g/mol. The molecule has 1 spiro atoms. The Morgan fingerprint density at radius 3 is 2.45 bits per heavy atom. The Morgan fingerprint density at radius 2 is 1.73 bits per heavy atom. The molecule has 2 saturated heterocycles. The zero-order valence-corrected chi connectivity index (χ0v) is 19.7. The zero-order chi connectivity index (χ0) is 23.2. The van der Waals surface area contributed by atoms with Gasteiger partial charge in [-0.2, -0.15) is 4.31 Å². The number of nitrogens with one attached hydrogen (secondary N) is 1. The lowest BCUT2D eigenvalue weighted by atomic mass is 9.73. The van der Waals surface area contributed by atoms with E-state index in [1.807, 2.05) is 42.2 Å². The lowest BCUT2D eigenvalue weighted by Crippen LogP contribution is -2.55. The Bertz CT molecular complexity index is 1190. The van der Waals surface area contributed by atoms with Gasteiger partial charge in [0, 0.05) is 26.2 Å². The van der Waals surface area contributed by atoms with Crippen LogP contribution in [-0.4, -0.2) is 72.8 Å². The molecule has 3 fully saturated rings. The number of fused-ring (bicyclic) bond motifs is 1. The summed E-state index contributed by atoms with van der Waals surface area (Å²) in [7, 11) is -3.61. The summed E-state index contributed by atoms with van der Waals surface area (Å²) in [6.07, 6.45) is 3.65. The number of amides is 3. The number of hydrogen-bond acceptors (Lipinski definition) is 5. The van der Waals surface area contributed by atoms with Gasteiger partial charge in [-0.05, 0) is 41.7 Å². The molecule has 1 N–H and O–H groups in total. The van der Waals surface area contributed by atoms with E-state index in [4.69, 9.17) is 0 Å². The van der Waals surface area contributed by atoms with Gasteiger partial charge in [0.1, 0.15) is 5.54 Å². The Morgan fingerprint density at radius 1 is 1.00 bits per heavy atom. The number of hydrogen-bond donors (Lipinski definition) is 1. The predicted octanol–water partition coefficient (Wildman–Crippen LogP) is 2.60. The molecule has 3 amide bonds. The fourth-order valence-corrected chi connectivity index (χ4v) is 6.87. The maximum atomic E-state index is 13.2. The lowest BCUT2D eigenvalue weighted by Gasteiger charge is -2.38. The van der Waals surface area contributed by atoms with Crippen LogP contribution in [0.2, 0.25) is 0 Å². The summed E-state index contributed by atoms with van der Waals surface area (Å²) < 4.78 is 27.9. The molecule has 0 radical (unpaired) electrons. The first-order chi connectivity index (χ1) is 15.8. The largest absolute Gasteiger partial charge is 0.326 e. The quantitative estimate of drug-likeness (QED) is 0.694. The minimum atomic E-state index is -3.61. The highest BCUT2D eigenvalue weighted by Gasteiger charge is 2.55. The van der Waals surface area contributed by atoms with Crippen LogP contribution < -0.4 is 5.32 Å². The highest BCUT2D eigenvalue weighted by atomic mass is 32.2. The topological polar surface area (TPSA) is 90.0 Å². The molecule has 0 aromatic heterocycles. The molecule has 8 nitrogen and oxygen atoms in total. The van der Waals surface area contributed by atoms with Crippen molar-refractivity contribution in [3.8, 4) is 0 Å². The van der Waals surface area contributed by atoms with Gasteiger partial charge in [0.05, 0.1) is 11.6 Å². The number of sulfonamides is 1. The normalized spacial score (nSPS) is 27.4. The van der Waals surface area contributed by atoms with Crippen LogP contribution in [0.1, 0.15) is 32.6 Å². The van der Waals surface area contributed by atoms with Crippen molar-refractivity contribution >= 4 is 32.7 Å². The average Bonchev–Trinajstić information content (AvgIpc) is 3.06. The standard InChI is InChI=1S/C24H30N4O4S/c1-18-6-4-5-11-24(18)22(29)28(23(30)25-24)17-26-12-14-27(15-13-26)33(31,32)21-10-9-19-7-2-3-8-20(19)16-21/h2-3,7-10,16,18H,4-6,11-15,17H2,1H3,(H,25,30)/t18-,24+/m0/s1. The minimum absolute atomic E-state index is 0.122. The van der Waals surface area contributed by atoms with Gasteiger partial charge in [-0.25, -0.2) is 18.1 Å². The number of piperazine rings is 1. The summed E-state index contributed by atoms with van der Waals surface area (Å²) in [6.45, 7) is 3.81. The molecule has 176 valence electrons. The van der Waals surface area contributed by atoms with E-state index in [-0.39, 0.29) is 29.4 Å². The van der Waals surface area contributed by atoms with Crippen LogP contribution in [0.15, 0.2) is 47.4 Å². The molecule has 3 aliphatic rings. The maximum Gasteiger partial charge on any atom is 0.326 e. The second-order valence-corrected chi connectivity index (χ2v) is 11.4. The van der Waals surface area contributed by atoms with Gasteiger partial charge >= 0.3 is 6.03 Å². The van der Waals surface area contributed by atoms with E-state index < -0.39 is 15.6 Å². The second-order valence-electron chi connectivity index (χ2n) is 9.45. The van der Waals surface area contributed by atoms with E-state index in [1.54, 1.807) is 12.1 Å². The Kier molecular flexibility index (Phi) is 5.66. The SMILES string of the molecule is C[C@H]1CCCC[C@@]12NC(=O)N(CN1CCN(S(=O)(=O)c3ccc4ccccc4c3)CC1)C2=O. The van der Waals surface area contributed by atoms with E-state index >= 15 is 0 Å². The van der Waals surface area contributed by atoms with Crippen molar-refractivity contribution in [2.75, 3.05) is 32.8 Å². The van der Waals surface area contributed by atoms with Crippen LogP contribution in [0.25, 0.3) is 10.8 Å². The van der Waals surface area contributed by atoms with Crippen molar-refractivity contribution < 1.29 is 18.0 Å². The highest BCUT2D eigenvalue weighted by Crippen LogP contribution is 2.38. The lowest BCUT2D eigenvalue weighted by molar-refractivity contribution is -0.135. The summed E-state index contributed by atoms with van der Waals surface area (Å²) in [4.78, 5) is 29.4. The number of urea groups is 1. The van der Waals surface area contributed by atoms with Gasteiger partial charge in [0.2, 0.25) is 10.0 Å². The smallest absolute Gasteiger partial charge is 0.323 e. The molecule has 2 aromatic carbocycles. The van der Waals surface area contributed by atoms with Crippen molar-refractivity contribution in [3.63, 3.8) is 0 Å². The predicted molar refractivity (Wildman–Crippen MR) is 125 cm³/mol. The summed E-state index contributed by atoms with van der Waals surface area (Å²) in [5, 5.41) is 4.87. The van der Waals surface area contributed by atoms with Crippen LogP contribution in [0.4, 0.5) is 4.79 Å². The van der Waals surface area contributed by atoms with Crippen LogP contribution in [0.5, 0.6) is 0 Å². The molecule has 1 aliphatic carbocycles. The fourth-order valence-electron chi connectivity index (χ4n) is 5.41. The summed E-state index contributed by atoms with van der Waals surface area (Å²) in [5.41, 5.74) is -0.767. The zero-order valence-electron chi connectivity index (χ0n) is 18.9. The number of rotatable bonds is 4. The molecule has 33 heavy (non-hydrogen) atoms. The molecule has 2 aliphatic heterocycles. The van der Waals surface area contributed by atoms with Gasteiger partial charge in [0.15, 0.2) is 0 Å². The maximum absolute atomic E-state index is 13.2. The van der Waals surface area contributed by atoms with Gasteiger partial charge in [-0.15, -0.1) is 0 Å². The van der Waals surface area contributed by atoms with Crippen molar-refractivity contribution in [1.82, 2.24) is 19.4 Å². The van der Waals surface area contributed by atoms with Gasteiger partial charge in [-0.3, -0.25) is 9.69 Å². The van der Waals surface area contributed by atoms with E-state index in [9.17, 15) is 18.0 Å². The monoisotopic (exact) mass is 470 g/mol. The van der Waals surface area contributed by atoms with Crippen molar-refractivity contribution in [2.45, 2.75) is 43.0 Å². The molecule has 1 saturated carbocycles. The number of imide groups is 1. The fraction of sp³-hybridized carbons (Fsp3) is 0.500.